The average molecular weight is 459 g/mol. The van der Waals surface area contributed by atoms with E-state index in [0.29, 0.717) is 17.7 Å². The molecule has 0 saturated carbocycles. The van der Waals surface area contributed by atoms with Crippen LogP contribution in [0.25, 0.3) is 0 Å². The summed E-state index contributed by atoms with van der Waals surface area (Å²) in [4.78, 5) is 25.5. The van der Waals surface area contributed by atoms with Crippen molar-refractivity contribution in [2.45, 2.75) is 46.2 Å². The lowest BCUT2D eigenvalue weighted by molar-refractivity contribution is -0.131. The summed E-state index contributed by atoms with van der Waals surface area (Å²) in [7, 11) is 0. The summed E-state index contributed by atoms with van der Waals surface area (Å²) in [5, 5.41) is 12.3. The zero-order valence-corrected chi connectivity index (χ0v) is 20.0. The molecule has 7 nitrogen and oxygen atoms in total. The van der Waals surface area contributed by atoms with Gasteiger partial charge in [0.2, 0.25) is 0 Å². The van der Waals surface area contributed by atoms with Gasteiger partial charge < -0.3 is 15.1 Å². The number of amides is 2. The van der Waals surface area contributed by atoms with Gasteiger partial charge in [0.25, 0.3) is 11.8 Å². The molecule has 176 valence electrons. The molecule has 3 aromatic rings. The van der Waals surface area contributed by atoms with E-state index in [1.807, 2.05) is 76.2 Å². The minimum Gasteiger partial charge on any atom is -0.467 e. The molecule has 2 aromatic carbocycles. The number of hydrogen-bond acceptors (Lipinski definition) is 5. The van der Waals surface area contributed by atoms with Gasteiger partial charge in [0.15, 0.2) is 0 Å². The van der Waals surface area contributed by atoms with Gasteiger partial charge in [0, 0.05) is 23.7 Å². The molecule has 0 radical (unpaired) electrons. The zero-order chi connectivity index (χ0) is 24.2. The summed E-state index contributed by atoms with van der Waals surface area (Å²) in [6.07, 6.45) is 2.20. The topological polar surface area (TPSA) is 86.9 Å². The predicted molar refractivity (Wildman–Crippen MR) is 133 cm³/mol. The van der Waals surface area contributed by atoms with Gasteiger partial charge >= 0.3 is 0 Å². The van der Waals surface area contributed by atoms with Crippen LogP contribution in [0.15, 0.2) is 70.4 Å². The molecule has 1 aliphatic heterocycles. The van der Waals surface area contributed by atoms with Crippen molar-refractivity contribution in [1.82, 2.24) is 10.3 Å². The molecule has 2 N–H and O–H groups in total. The lowest BCUT2D eigenvalue weighted by Crippen LogP contribution is -2.32. The highest BCUT2D eigenvalue weighted by Crippen LogP contribution is 2.33. The Hall–Kier alpha value is -3.87. The van der Waals surface area contributed by atoms with Crippen LogP contribution in [0.3, 0.4) is 0 Å². The molecule has 4 rings (SSSR count). The van der Waals surface area contributed by atoms with Gasteiger partial charge in [-0.1, -0.05) is 29.8 Å². The van der Waals surface area contributed by atoms with E-state index >= 15 is 0 Å². The van der Waals surface area contributed by atoms with Crippen molar-refractivity contribution in [2.75, 3.05) is 11.9 Å². The number of hydrazone groups is 1. The van der Waals surface area contributed by atoms with E-state index in [1.165, 1.54) is 10.6 Å². The lowest BCUT2D eigenvalue weighted by Gasteiger charge is -2.20. The largest absolute Gasteiger partial charge is 0.467 e. The third-order valence-corrected chi connectivity index (χ3v) is 5.76. The monoisotopic (exact) mass is 458 g/mol. The standard InChI is InChI=1S/C27H30N4O3/c1-17(2)29-27(33)21-11-12-22(19(4)14-21)28-16-26(32)31-24(25-6-5-13-34-25)15-23(30-31)20-9-7-18(3)8-10-20/h5-14,17,24,28H,15-16H2,1-4H3,(H,29,33). The first-order valence-corrected chi connectivity index (χ1v) is 11.5. The number of hydrogen-bond donors (Lipinski definition) is 2. The van der Waals surface area contributed by atoms with Gasteiger partial charge in [0.1, 0.15) is 11.8 Å². The van der Waals surface area contributed by atoms with Crippen LogP contribution < -0.4 is 10.6 Å². The summed E-state index contributed by atoms with van der Waals surface area (Å²) in [6.45, 7) is 7.87. The van der Waals surface area contributed by atoms with Crippen LogP contribution in [-0.4, -0.2) is 35.1 Å². The molecule has 0 saturated heterocycles. The highest BCUT2D eigenvalue weighted by molar-refractivity contribution is 6.03. The molecular weight excluding hydrogens is 428 g/mol. The maximum atomic E-state index is 13.2. The number of carbonyl (C=O) groups is 2. The fraction of sp³-hybridized carbons (Fsp3) is 0.296. The van der Waals surface area contributed by atoms with E-state index < -0.39 is 0 Å². The molecule has 0 aliphatic carbocycles. The first kappa shape index (κ1) is 23.3. The molecule has 2 amide bonds. The van der Waals surface area contributed by atoms with Gasteiger partial charge in [-0.3, -0.25) is 9.59 Å². The molecule has 0 spiro atoms. The summed E-state index contributed by atoms with van der Waals surface area (Å²) in [5.74, 6) is 0.428. The average Bonchev–Trinajstić information content (AvgIpc) is 3.48. The minimum atomic E-state index is -0.288. The Morgan fingerprint density at radius 3 is 2.53 bits per heavy atom. The Balaban J connectivity index is 1.49. The number of nitrogens with one attached hydrogen (secondary N) is 2. The van der Waals surface area contributed by atoms with E-state index in [1.54, 1.807) is 12.3 Å². The van der Waals surface area contributed by atoms with Crippen molar-refractivity contribution in [2.24, 2.45) is 5.10 Å². The first-order chi connectivity index (χ1) is 16.3. The third-order valence-electron chi connectivity index (χ3n) is 5.76. The molecule has 2 heterocycles. The Labute approximate surface area is 199 Å². The van der Waals surface area contributed by atoms with Gasteiger partial charge in [0.05, 0.1) is 18.5 Å². The van der Waals surface area contributed by atoms with E-state index in [4.69, 9.17) is 4.42 Å². The van der Waals surface area contributed by atoms with E-state index in [2.05, 4.69) is 15.7 Å². The van der Waals surface area contributed by atoms with Crippen LogP contribution >= 0.6 is 0 Å². The van der Waals surface area contributed by atoms with E-state index in [9.17, 15) is 9.59 Å². The SMILES string of the molecule is Cc1ccc(C2=NN(C(=O)CNc3ccc(C(=O)NC(C)C)cc3C)C(c3ccco3)C2)cc1. The highest BCUT2D eigenvalue weighted by atomic mass is 16.3. The molecule has 1 unspecified atom stereocenters. The van der Waals surface area contributed by atoms with Crippen LogP contribution in [-0.2, 0) is 4.79 Å². The van der Waals surface area contributed by atoms with Crippen molar-refractivity contribution in [3.8, 4) is 0 Å². The van der Waals surface area contributed by atoms with Gasteiger partial charge in [-0.2, -0.15) is 5.10 Å². The number of furan rings is 1. The first-order valence-electron chi connectivity index (χ1n) is 11.5. The Morgan fingerprint density at radius 2 is 1.88 bits per heavy atom. The molecule has 1 aliphatic rings. The molecule has 34 heavy (non-hydrogen) atoms. The normalized spacial score (nSPS) is 15.4. The molecule has 1 atom stereocenters. The molecule has 7 heteroatoms. The van der Waals surface area contributed by atoms with Crippen molar-refractivity contribution < 1.29 is 14.0 Å². The Morgan fingerprint density at radius 1 is 1.12 bits per heavy atom. The number of benzene rings is 2. The van der Waals surface area contributed by atoms with Crippen molar-refractivity contribution in [3.05, 3.63) is 88.9 Å². The van der Waals surface area contributed by atoms with Gasteiger partial charge in [-0.15, -0.1) is 0 Å². The lowest BCUT2D eigenvalue weighted by atomic mass is 10.0. The number of rotatable bonds is 7. The second-order valence-electron chi connectivity index (χ2n) is 8.90. The van der Waals surface area contributed by atoms with Crippen LogP contribution in [0.5, 0.6) is 0 Å². The molecule has 0 bridgehead atoms. The summed E-state index contributed by atoms with van der Waals surface area (Å²) < 4.78 is 5.62. The van der Waals surface area contributed by atoms with Crippen LogP contribution in [0.2, 0.25) is 0 Å². The zero-order valence-electron chi connectivity index (χ0n) is 20.0. The Kier molecular flexibility index (Phi) is 6.82. The van der Waals surface area contributed by atoms with E-state index in [-0.39, 0.29) is 30.4 Å². The number of carbonyl (C=O) groups excluding carboxylic acids is 2. The summed E-state index contributed by atoms with van der Waals surface area (Å²) in [5.41, 5.74) is 5.30. The third kappa shape index (κ3) is 5.20. The summed E-state index contributed by atoms with van der Waals surface area (Å²) in [6, 6.07) is 17.0. The van der Waals surface area contributed by atoms with Gasteiger partial charge in [-0.25, -0.2) is 5.01 Å². The van der Waals surface area contributed by atoms with Crippen LogP contribution in [0.1, 0.15) is 59.1 Å². The highest BCUT2D eigenvalue weighted by Gasteiger charge is 2.34. The number of anilines is 1. The molecular formula is C27H30N4O3. The number of aryl methyl sites for hydroxylation is 2. The quantitative estimate of drug-likeness (QED) is 0.531. The molecule has 0 fully saturated rings. The van der Waals surface area contributed by atoms with Crippen molar-refractivity contribution in [3.63, 3.8) is 0 Å². The van der Waals surface area contributed by atoms with Crippen molar-refractivity contribution >= 4 is 23.2 Å². The fourth-order valence-corrected chi connectivity index (χ4v) is 3.96. The second-order valence-corrected chi connectivity index (χ2v) is 8.90. The maximum absolute atomic E-state index is 13.2. The van der Waals surface area contributed by atoms with Gasteiger partial charge in [-0.05, 0) is 69.2 Å². The van der Waals surface area contributed by atoms with Crippen molar-refractivity contribution in [1.29, 1.82) is 0 Å². The number of nitrogens with zero attached hydrogens (tertiary/aromatic N) is 2. The fourth-order valence-electron chi connectivity index (χ4n) is 3.96. The second kappa shape index (κ2) is 9.95. The maximum Gasteiger partial charge on any atom is 0.262 e. The van der Waals surface area contributed by atoms with E-state index in [0.717, 1.165) is 22.5 Å². The predicted octanol–water partition coefficient (Wildman–Crippen LogP) is 4.82. The summed E-state index contributed by atoms with van der Waals surface area (Å²) >= 11 is 0. The molecule has 1 aromatic heterocycles. The smallest absolute Gasteiger partial charge is 0.262 e. The van der Waals surface area contributed by atoms with Crippen LogP contribution in [0, 0.1) is 13.8 Å². The van der Waals surface area contributed by atoms with Crippen LogP contribution in [0.4, 0.5) is 5.69 Å². The minimum absolute atomic E-state index is 0.0659. The Bertz CT molecular complexity index is 1200.